The van der Waals surface area contributed by atoms with E-state index in [1.165, 1.54) is 34.9 Å². The van der Waals surface area contributed by atoms with E-state index in [2.05, 4.69) is 57.9 Å². The van der Waals surface area contributed by atoms with Crippen LogP contribution in [0, 0.1) is 3.57 Å². The molecule has 1 N–H and O–H groups in total. The van der Waals surface area contributed by atoms with Crippen LogP contribution in [0.25, 0.3) is 0 Å². The molecule has 1 atom stereocenters. The van der Waals surface area contributed by atoms with Crippen LogP contribution in [-0.4, -0.2) is 24.7 Å². The van der Waals surface area contributed by atoms with Gasteiger partial charge in [-0.3, -0.25) is 0 Å². The molecule has 0 bridgehead atoms. The van der Waals surface area contributed by atoms with Gasteiger partial charge in [0.05, 0.1) is 10.7 Å². The molecule has 1 aromatic rings. The fourth-order valence-corrected chi connectivity index (χ4v) is 4.40. The van der Waals surface area contributed by atoms with Gasteiger partial charge >= 0.3 is 0 Å². The average Bonchev–Trinajstić information content (AvgIpc) is 2.82. The highest BCUT2D eigenvalue weighted by molar-refractivity contribution is 14.1. The molecular weight excluding hydrogens is 371 g/mol. The fourth-order valence-electron chi connectivity index (χ4n) is 3.44. The summed E-state index contributed by atoms with van der Waals surface area (Å²) in [5, 5.41) is 4.67. The predicted molar refractivity (Wildman–Crippen MR) is 90.2 cm³/mol. The molecule has 1 aliphatic carbocycles. The Bertz CT molecular complexity index is 471. The third-order valence-corrected chi connectivity index (χ3v) is 5.53. The van der Waals surface area contributed by atoms with Gasteiger partial charge in [0, 0.05) is 28.2 Å². The van der Waals surface area contributed by atoms with Crippen molar-refractivity contribution in [3.05, 3.63) is 26.8 Å². The van der Waals surface area contributed by atoms with E-state index in [1.54, 1.807) is 0 Å². The zero-order valence-electron chi connectivity index (χ0n) is 11.3. The normalized spacial score (nSPS) is 26.1. The zero-order chi connectivity index (χ0) is 13.5. The highest BCUT2D eigenvalue weighted by Crippen LogP contribution is 2.37. The molecule has 1 saturated carbocycles. The summed E-state index contributed by atoms with van der Waals surface area (Å²) in [6, 6.07) is 6.89. The van der Waals surface area contributed by atoms with Gasteiger partial charge in [-0.15, -0.1) is 0 Å². The zero-order valence-corrected chi connectivity index (χ0v) is 14.2. The molecule has 1 saturated heterocycles. The smallest absolute Gasteiger partial charge is 0.0650 e. The fraction of sp³-hybridized carbons (Fsp3) is 0.600. The number of halogens is 2. The van der Waals surface area contributed by atoms with Crippen LogP contribution in [0.4, 0.5) is 5.69 Å². The highest BCUT2D eigenvalue weighted by Gasteiger charge is 2.40. The van der Waals surface area contributed by atoms with E-state index in [0.29, 0.717) is 11.6 Å². The Hall–Kier alpha value is -0.0000000000000000555. The van der Waals surface area contributed by atoms with Crippen LogP contribution in [0.15, 0.2) is 18.2 Å². The first kappa shape index (κ1) is 14.0. The van der Waals surface area contributed by atoms with Crippen molar-refractivity contribution in [3.63, 3.8) is 0 Å². The molecule has 1 aliphatic heterocycles. The molecule has 104 valence electrons. The monoisotopic (exact) mass is 390 g/mol. The molecule has 1 heterocycles. The minimum absolute atomic E-state index is 0.332. The molecule has 0 aromatic heterocycles. The van der Waals surface area contributed by atoms with Crippen molar-refractivity contribution in [2.45, 2.75) is 44.2 Å². The van der Waals surface area contributed by atoms with Crippen LogP contribution in [0.1, 0.15) is 32.6 Å². The SMILES string of the molecule is CC1CNC2(CCCC2)CN1c1ccc(I)cc1Cl. The van der Waals surface area contributed by atoms with Crippen LogP contribution in [0.3, 0.4) is 0 Å². The van der Waals surface area contributed by atoms with Crippen molar-refractivity contribution >= 4 is 39.9 Å². The number of rotatable bonds is 1. The second kappa shape index (κ2) is 5.41. The van der Waals surface area contributed by atoms with E-state index < -0.39 is 0 Å². The molecule has 1 aromatic carbocycles. The van der Waals surface area contributed by atoms with Crippen LogP contribution in [0.5, 0.6) is 0 Å². The number of hydrogen-bond donors (Lipinski definition) is 1. The van der Waals surface area contributed by atoms with Gasteiger partial charge < -0.3 is 10.2 Å². The maximum atomic E-state index is 6.46. The standard InChI is InChI=1S/C15H20ClIN2/c1-11-9-18-15(6-2-3-7-15)10-19(11)14-5-4-12(17)8-13(14)16/h4-5,8,11,18H,2-3,6-7,9-10H2,1H3. The third-order valence-electron chi connectivity index (χ3n) is 4.56. The Morgan fingerprint density at radius 1 is 1.37 bits per heavy atom. The summed E-state index contributed by atoms with van der Waals surface area (Å²) < 4.78 is 1.20. The Labute approximate surface area is 134 Å². The van der Waals surface area contributed by atoms with E-state index in [4.69, 9.17) is 11.6 Å². The van der Waals surface area contributed by atoms with Crippen molar-refractivity contribution in [2.75, 3.05) is 18.0 Å². The van der Waals surface area contributed by atoms with E-state index in [0.717, 1.165) is 18.1 Å². The van der Waals surface area contributed by atoms with Gasteiger partial charge in [0.15, 0.2) is 0 Å². The van der Waals surface area contributed by atoms with Crippen molar-refractivity contribution in [1.82, 2.24) is 5.32 Å². The van der Waals surface area contributed by atoms with E-state index in [9.17, 15) is 0 Å². The van der Waals surface area contributed by atoms with Gasteiger partial charge in [0.2, 0.25) is 0 Å². The van der Waals surface area contributed by atoms with Crippen molar-refractivity contribution in [2.24, 2.45) is 0 Å². The minimum Gasteiger partial charge on any atom is -0.364 e. The highest BCUT2D eigenvalue weighted by atomic mass is 127. The quantitative estimate of drug-likeness (QED) is 0.728. The summed E-state index contributed by atoms with van der Waals surface area (Å²) in [6.45, 7) is 4.43. The molecule has 4 heteroatoms. The second-order valence-corrected chi connectivity index (χ2v) is 7.59. The average molecular weight is 391 g/mol. The summed E-state index contributed by atoms with van der Waals surface area (Å²) in [5.41, 5.74) is 1.53. The number of hydrogen-bond acceptors (Lipinski definition) is 2. The van der Waals surface area contributed by atoms with Crippen molar-refractivity contribution < 1.29 is 0 Å². The van der Waals surface area contributed by atoms with Crippen LogP contribution in [0.2, 0.25) is 5.02 Å². The lowest BCUT2D eigenvalue weighted by molar-refractivity contribution is 0.276. The number of nitrogens with zero attached hydrogens (tertiary/aromatic N) is 1. The summed E-state index contributed by atoms with van der Waals surface area (Å²) in [6.07, 6.45) is 5.32. The minimum atomic E-state index is 0.332. The van der Waals surface area contributed by atoms with Gasteiger partial charge in [0.1, 0.15) is 0 Å². The molecule has 2 aliphatic rings. The summed E-state index contributed by atoms with van der Waals surface area (Å²) in [5.74, 6) is 0. The lowest BCUT2D eigenvalue weighted by Gasteiger charge is -2.46. The lowest BCUT2D eigenvalue weighted by atomic mass is 9.92. The molecular formula is C15H20ClIN2. The van der Waals surface area contributed by atoms with Gasteiger partial charge in [-0.2, -0.15) is 0 Å². The molecule has 2 fully saturated rings. The van der Waals surface area contributed by atoms with Crippen LogP contribution < -0.4 is 10.2 Å². The molecule has 1 unspecified atom stereocenters. The maximum Gasteiger partial charge on any atom is 0.0650 e. The van der Waals surface area contributed by atoms with Crippen LogP contribution in [-0.2, 0) is 0 Å². The predicted octanol–water partition coefficient (Wildman–Crippen LogP) is 4.06. The largest absolute Gasteiger partial charge is 0.364 e. The molecule has 1 spiro atoms. The molecule has 3 rings (SSSR count). The first-order chi connectivity index (χ1) is 9.10. The maximum absolute atomic E-state index is 6.46. The second-order valence-electron chi connectivity index (χ2n) is 5.94. The van der Waals surface area contributed by atoms with E-state index >= 15 is 0 Å². The topological polar surface area (TPSA) is 15.3 Å². The number of anilines is 1. The number of nitrogens with one attached hydrogen (secondary N) is 1. The number of piperazine rings is 1. The van der Waals surface area contributed by atoms with Gasteiger partial charge in [-0.1, -0.05) is 24.4 Å². The Morgan fingerprint density at radius 3 is 2.79 bits per heavy atom. The molecule has 19 heavy (non-hydrogen) atoms. The van der Waals surface area contributed by atoms with E-state index in [-0.39, 0.29) is 0 Å². The summed E-state index contributed by atoms with van der Waals surface area (Å²) in [7, 11) is 0. The first-order valence-electron chi connectivity index (χ1n) is 7.06. The van der Waals surface area contributed by atoms with E-state index in [1.807, 2.05) is 0 Å². The summed E-state index contributed by atoms with van der Waals surface area (Å²) >= 11 is 8.77. The first-order valence-corrected chi connectivity index (χ1v) is 8.52. The van der Waals surface area contributed by atoms with Gasteiger partial charge in [-0.05, 0) is 60.6 Å². The molecule has 0 amide bonds. The van der Waals surface area contributed by atoms with Crippen LogP contribution >= 0.6 is 34.2 Å². The summed E-state index contributed by atoms with van der Waals surface area (Å²) in [4.78, 5) is 2.50. The molecule has 2 nitrogen and oxygen atoms in total. The van der Waals surface area contributed by atoms with Gasteiger partial charge in [-0.25, -0.2) is 0 Å². The third kappa shape index (κ3) is 2.74. The Morgan fingerprint density at radius 2 is 2.11 bits per heavy atom. The van der Waals surface area contributed by atoms with Gasteiger partial charge in [0.25, 0.3) is 0 Å². The van der Waals surface area contributed by atoms with Crippen molar-refractivity contribution in [1.29, 1.82) is 0 Å². The number of benzene rings is 1. The lowest BCUT2D eigenvalue weighted by Crippen LogP contribution is -2.62. The van der Waals surface area contributed by atoms with Crippen molar-refractivity contribution in [3.8, 4) is 0 Å². The Kier molecular flexibility index (Phi) is 3.98. The molecule has 0 radical (unpaired) electrons. The Balaban J connectivity index is 1.89.